The number of thiophene rings is 1. The van der Waals surface area contributed by atoms with Crippen molar-refractivity contribution in [1.82, 2.24) is 0 Å². The summed E-state index contributed by atoms with van der Waals surface area (Å²) in [4.78, 5) is 1.55. The molecule has 0 fully saturated rings. The molecule has 2 nitrogen and oxygen atoms in total. The summed E-state index contributed by atoms with van der Waals surface area (Å²) >= 11 is 1.89. The van der Waals surface area contributed by atoms with E-state index in [1.807, 2.05) is 23.5 Å². The highest BCUT2D eigenvalue weighted by Gasteiger charge is 2.21. The van der Waals surface area contributed by atoms with Gasteiger partial charge in [0, 0.05) is 16.3 Å². The minimum Gasteiger partial charge on any atom is -0.399 e. The molecule has 1 atom stereocenters. The average molecular weight is 258 g/mol. The van der Waals surface area contributed by atoms with E-state index in [1.54, 1.807) is 4.88 Å². The van der Waals surface area contributed by atoms with Gasteiger partial charge >= 0.3 is 0 Å². The zero-order chi connectivity index (χ0) is 12.5. The van der Waals surface area contributed by atoms with Crippen molar-refractivity contribution in [3.8, 4) is 0 Å². The number of benzene rings is 1. The first-order valence-electron chi connectivity index (χ1n) is 6.43. The Kier molecular flexibility index (Phi) is 3.00. The van der Waals surface area contributed by atoms with E-state index in [1.165, 1.54) is 36.1 Å². The summed E-state index contributed by atoms with van der Waals surface area (Å²) in [5, 5.41) is 5.88. The van der Waals surface area contributed by atoms with Crippen LogP contribution in [0.1, 0.15) is 34.9 Å². The number of rotatable bonds is 2. The highest BCUT2D eigenvalue weighted by atomic mass is 32.1. The molecule has 1 aromatic heterocycles. The molecule has 1 aliphatic carbocycles. The van der Waals surface area contributed by atoms with Gasteiger partial charge in [-0.2, -0.15) is 0 Å². The van der Waals surface area contributed by atoms with Crippen molar-refractivity contribution in [1.29, 1.82) is 0 Å². The Morgan fingerprint density at radius 1 is 1.33 bits per heavy atom. The van der Waals surface area contributed by atoms with E-state index in [0.717, 1.165) is 5.69 Å². The van der Waals surface area contributed by atoms with Crippen LogP contribution in [-0.4, -0.2) is 0 Å². The zero-order valence-corrected chi connectivity index (χ0v) is 11.4. The van der Waals surface area contributed by atoms with Gasteiger partial charge < -0.3 is 11.1 Å². The van der Waals surface area contributed by atoms with Crippen molar-refractivity contribution < 1.29 is 0 Å². The fourth-order valence-corrected chi connectivity index (χ4v) is 3.66. The second-order valence-electron chi connectivity index (χ2n) is 4.96. The van der Waals surface area contributed by atoms with E-state index in [-0.39, 0.29) is 0 Å². The fourth-order valence-electron chi connectivity index (χ4n) is 2.67. The van der Waals surface area contributed by atoms with Crippen LogP contribution in [0.2, 0.25) is 0 Å². The number of nitrogens with one attached hydrogen (secondary N) is 1. The Morgan fingerprint density at radius 2 is 2.22 bits per heavy atom. The van der Waals surface area contributed by atoms with E-state index in [9.17, 15) is 0 Å². The second-order valence-corrected chi connectivity index (χ2v) is 5.96. The van der Waals surface area contributed by atoms with Gasteiger partial charge in [0.2, 0.25) is 0 Å². The molecule has 2 aromatic rings. The Labute approximate surface area is 112 Å². The van der Waals surface area contributed by atoms with Gasteiger partial charge in [-0.1, -0.05) is 0 Å². The molecule has 1 aromatic carbocycles. The van der Waals surface area contributed by atoms with E-state index >= 15 is 0 Å². The Hall–Kier alpha value is -1.48. The molecule has 0 radical (unpaired) electrons. The zero-order valence-electron chi connectivity index (χ0n) is 10.6. The average Bonchev–Trinajstić information content (AvgIpc) is 2.82. The van der Waals surface area contributed by atoms with Crippen LogP contribution in [0.15, 0.2) is 29.6 Å². The molecule has 1 unspecified atom stereocenters. The molecule has 94 valence electrons. The number of nitrogen functional groups attached to an aromatic ring is 1. The minimum atomic E-state index is 0.460. The number of hydrogen-bond acceptors (Lipinski definition) is 3. The lowest BCUT2D eigenvalue weighted by Crippen LogP contribution is -2.16. The quantitative estimate of drug-likeness (QED) is 0.795. The number of aryl methyl sites for hydroxylation is 2. The molecule has 3 heteroatoms. The molecule has 18 heavy (non-hydrogen) atoms. The van der Waals surface area contributed by atoms with Crippen LogP contribution in [0.5, 0.6) is 0 Å². The highest BCUT2D eigenvalue weighted by Crippen LogP contribution is 2.36. The van der Waals surface area contributed by atoms with Gasteiger partial charge in [0.15, 0.2) is 0 Å². The van der Waals surface area contributed by atoms with Crippen molar-refractivity contribution in [3.63, 3.8) is 0 Å². The maximum absolute atomic E-state index is 5.79. The van der Waals surface area contributed by atoms with Crippen molar-refractivity contribution in [2.45, 2.75) is 32.2 Å². The first-order valence-corrected chi connectivity index (χ1v) is 7.31. The van der Waals surface area contributed by atoms with Crippen molar-refractivity contribution >= 4 is 22.7 Å². The predicted octanol–water partition coefficient (Wildman–Crippen LogP) is 4.13. The van der Waals surface area contributed by atoms with Gasteiger partial charge in [-0.05, 0) is 67.0 Å². The molecule has 0 amide bonds. The molecule has 0 saturated heterocycles. The first-order chi connectivity index (χ1) is 8.74. The van der Waals surface area contributed by atoms with Crippen LogP contribution < -0.4 is 11.1 Å². The third kappa shape index (κ3) is 2.10. The van der Waals surface area contributed by atoms with E-state index < -0.39 is 0 Å². The van der Waals surface area contributed by atoms with Crippen molar-refractivity contribution in [2.75, 3.05) is 11.1 Å². The van der Waals surface area contributed by atoms with E-state index in [0.29, 0.717) is 6.04 Å². The molecule has 3 N–H and O–H groups in total. The smallest absolute Gasteiger partial charge is 0.0525 e. The first kappa shape index (κ1) is 11.6. The lowest BCUT2D eigenvalue weighted by molar-refractivity contribution is 0.608. The molecule has 0 aliphatic heterocycles. The maximum Gasteiger partial charge on any atom is 0.0525 e. The van der Waals surface area contributed by atoms with Crippen LogP contribution in [0.25, 0.3) is 0 Å². The lowest BCUT2D eigenvalue weighted by Gasteiger charge is -2.25. The molecule has 1 heterocycles. The van der Waals surface area contributed by atoms with Crippen molar-refractivity contribution in [2.24, 2.45) is 0 Å². The summed E-state index contributed by atoms with van der Waals surface area (Å²) in [7, 11) is 0. The lowest BCUT2D eigenvalue weighted by atomic mass is 9.93. The van der Waals surface area contributed by atoms with E-state index in [2.05, 4.69) is 29.8 Å². The normalized spacial score (nSPS) is 18.4. The van der Waals surface area contributed by atoms with Crippen LogP contribution >= 0.6 is 11.3 Å². The number of nitrogens with two attached hydrogens (primary N) is 1. The third-order valence-corrected chi connectivity index (χ3v) is 4.63. The Balaban J connectivity index is 1.86. The Bertz CT molecular complexity index is 559. The highest BCUT2D eigenvalue weighted by molar-refractivity contribution is 7.10. The monoisotopic (exact) mass is 258 g/mol. The number of fused-ring (bicyclic) bond motifs is 1. The molecule has 0 saturated carbocycles. The fraction of sp³-hybridized carbons (Fsp3) is 0.333. The summed E-state index contributed by atoms with van der Waals surface area (Å²) < 4.78 is 0. The van der Waals surface area contributed by atoms with E-state index in [4.69, 9.17) is 5.73 Å². The maximum atomic E-state index is 5.79. The summed E-state index contributed by atoms with van der Waals surface area (Å²) in [6, 6.07) is 8.81. The number of anilines is 2. The summed E-state index contributed by atoms with van der Waals surface area (Å²) in [5.41, 5.74) is 10.5. The van der Waals surface area contributed by atoms with Gasteiger partial charge in [-0.25, -0.2) is 0 Å². The molecule has 0 bridgehead atoms. The van der Waals surface area contributed by atoms with Gasteiger partial charge in [0.05, 0.1) is 6.04 Å². The number of hydrogen-bond donors (Lipinski definition) is 2. The SMILES string of the molecule is Cc1cc(N)ccc1NC1CCCc2sccc21. The molecule has 0 spiro atoms. The van der Waals surface area contributed by atoms with Gasteiger partial charge in [0.25, 0.3) is 0 Å². The molecule has 3 rings (SSSR count). The van der Waals surface area contributed by atoms with Gasteiger partial charge in [-0.3, -0.25) is 0 Å². The standard InChI is InChI=1S/C15H18N2S/c1-10-9-11(16)5-6-13(10)17-14-3-2-4-15-12(14)7-8-18-15/h5-9,14,17H,2-4,16H2,1H3. The van der Waals surface area contributed by atoms with Crippen molar-refractivity contribution in [3.05, 3.63) is 45.6 Å². The van der Waals surface area contributed by atoms with Crippen LogP contribution in [0.4, 0.5) is 11.4 Å². The molecular formula is C15H18N2S. The van der Waals surface area contributed by atoms with Gasteiger partial charge in [0.1, 0.15) is 0 Å². The molecular weight excluding hydrogens is 240 g/mol. The van der Waals surface area contributed by atoms with Crippen LogP contribution in [-0.2, 0) is 6.42 Å². The second kappa shape index (κ2) is 4.65. The predicted molar refractivity (Wildman–Crippen MR) is 79.2 cm³/mol. The summed E-state index contributed by atoms with van der Waals surface area (Å²) in [5.74, 6) is 0. The third-order valence-electron chi connectivity index (χ3n) is 3.63. The van der Waals surface area contributed by atoms with Crippen LogP contribution in [0, 0.1) is 6.92 Å². The Morgan fingerprint density at radius 3 is 3.06 bits per heavy atom. The van der Waals surface area contributed by atoms with Crippen LogP contribution in [0.3, 0.4) is 0 Å². The summed E-state index contributed by atoms with van der Waals surface area (Å²) in [6.07, 6.45) is 3.73. The summed E-state index contributed by atoms with van der Waals surface area (Å²) in [6.45, 7) is 2.11. The largest absolute Gasteiger partial charge is 0.399 e. The van der Waals surface area contributed by atoms with Gasteiger partial charge in [-0.15, -0.1) is 11.3 Å². The minimum absolute atomic E-state index is 0.460. The molecule has 1 aliphatic rings. The topological polar surface area (TPSA) is 38.0 Å².